The van der Waals surface area contributed by atoms with Crippen molar-refractivity contribution in [3.05, 3.63) is 86.2 Å². The number of aromatic nitrogens is 3. The Bertz CT molecular complexity index is 1880. The maximum Gasteiger partial charge on any atom is 0.513 e. The molecule has 0 bridgehead atoms. The Hall–Kier alpha value is -4.85. The molecule has 14 heteroatoms. The van der Waals surface area contributed by atoms with Gasteiger partial charge in [-0.15, -0.1) is 0 Å². The Balaban J connectivity index is 1.22. The first-order valence-electron chi connectivity index (χ1n) is 15.5. The van der Waals surface area contributed by atoms with Crippen LogP contribution in [0.1, 0.15) is 68.9 Å². The third kappa shape index (κ3) is 7.48. The van der Waals surface area contributed by atoms with Crippen LogP contribution < -0.4 is 20.9 Å². The summed E-state index contributed by atoms with van der Waals surface area (Å²) in [7, 11) is 0. The lowest BCUT2D eigenvalue weighted by molar-refractivity contribution is -0.144. The van der Waals surface area contributed by atoms with Gasteiger partial charge in [-0.05, 0) is 81.8 Å². The molecule has 1 unspecified atom stereocenters. The minimum absolute atomic E-state index is 0.0564. The summed E-state index contributed by atoms with van der Waals surface area (Å²) in [5.41, 5.74) is 0.328. The van der Waals surface area contributed by atoms with Gasteiger partial charge in [0.15, 0.2) is 5.78 Å². The van der Waals surface area contributed by atoms with Gasteiger partial charge in [0.25, 0.3) is 0 Å². The SMILES string of the molecule is CC(=O)CCC(=O)OCCCSCCOC(=O)Oc1ccc2c(c1)OC(C)(C)C1=CCn3c(=O)n(-c4ccc(C(C)=O)cc4)c(=O)n3C12. The average Bonchev–Trinajstić information content (AvgIpc) is 3.30. The van der Waals surface area contributed by atoms with Gasteiger partial charge in [-0.1, -0.05) is 6.08 Å². The van der Waals surface area contributed by atoms with Gasteiger partial charge in [0.2, 0.25) is 0 Å². The van der Waals surface area contributed by atoms with Gasteiger partial charge >= 0.3 is 23.5 Å². The highest BCUT2D eigenvalue weighted by Crippen LogP contribution is 2.47. The van der Waals surface area contributed by atoms with Crippen molar-refractivity contribution in [3.63, 3.8) is 0 Å². The van der Waals surface area contributed by atoms with Gasteiger partial charge in [-0.2, -0.15) is 11.8 Å². The molecule has 0 fully saturated rings. The van der Waals surface area contributed by atoms with Gasteiger partial charge in [0.05, 0.1) is 25.3 Å². The molecule has 2 aliphatic rings. The predicted octanol–water partition coefficient (Wildman–Crippen LogP) is 4.25. The fourth-order valence-electron chi connectivity index (χ4n) is 5.61. The molecule has 0 spiro atoms. The van der Waals surface area contributed by atoms with Crippen LogP contribution in [-0.4, -0.2) is 67.9 Å². The molecule has 0 saturated heterocycles. The molecule has 5 rings (SSSR count). The lowest BCUT2D eigenvalue weighted by Gasteiger charge is -2.42. The molecule has 0 N–H and O–H groups in total. The summed E-state index contributed by atoms with van der Waals surface area (Å²) >= 11 is 1.53. The molecule has 3 heterocycles. The summed E-state index contributed by atoms with van der Waals surface area (Å²) < 4.78 is 25.9. The molecular weight excluding hydrogens is 642 g/mol. The topological polar surface area (TPSA) is 154 Å². The summed E-state index contributed by atoms with van der Waals surface area (Å²) in [6, 6.07) is 10.5. The number of carbonyl (C=O) groups is 4. The molecule has 0 saturated carbocycles. The lowest BCUT2D eigenvalue weighted by Crippen LogP contribution is -2.46. The van der Waals surface area contributed by atoms with Gasteiger partial charge in [0.1, 0.15) is 35.5 Å². The number of hydrogen-bond donors (Lipinski definition) is 0. The van der Waals surface area contributed by atoms with E-state index in [4.69, 9.17) is 18.9 Å². The number of nitrogens with zero attached hydrogens (tertiary/aromatic N) is 3. The molecule has 48 heavy (non-hydrogen) atoms. The van der Waals surface area contributed by atoms with Crippen LogP contribution in [0.15, 0.2) is 63.7 Å². The van der Waals surface area contributed by atoms with E-state index in [2.05, 4.69) is 0 Å². The minimum atomic E-state index is -0.888. The third-order valence-electron chi connectivity index (χ3n) is 7.98. The molecule has 2 aliphatic heterocycles. The van der Waals surface area contributed by atoms with Crippen molar-refractivity contribution in [2.75, 3.05) is 24.7 Å². The van der Waals surface area contributed by atoms with Crippen molar-refractivity contribution in [2.45, 2.75) is 65.1 Å². The number of allylic oxidation sites excluding steroid dienone is 1. The van der Waals surface area contributed by atoms with E-state index in [1.165, 1.54) is 35.0 Å². The second-order valence-electron chi connectivity index (χ2n) is 11.9. The molecule has 0 aliphatic carbocycles. The Labute approximate surface area is 280 Å². The Morgan fingerprint density at radius 3 is 2.40 bits per heavy atom. The van der Waals surface area contributed by atoms with E-state index < -0.39 is 35.1 Å². The van der Waals surface area contributed by atoms with Crippen molar-refractivity contribution in [2.24, 2.45) is 0 Å². The Morgan fingerprint density at radius 2 is 1.69 bits per heavy atom. The smallest absolute Gasteiger partial charge is 0.483 e. The summed E-state index contributed by atoms with van der Waals surface area (Å²) in [5, 5.41) is 0. The Morgan fingerprint density at radius 1 is 0.938 bits per heavy atom. The largest absolute Gasteiger partial charge is 0.513 e. The minimum Gasteiger partial charge on any atom is -0.483 e. The number of esters is 1. The first-order valence-corrected chi connectivity index (χ1v) is 16.7. The third-order valence-corrected chi connectivity index (χ3v) is 9.01. The monoisotopic (exact) mass is 679 g/mol. The average molecular weight is 680 g/mol. The first-order chi connectivity index (χ1) is 22.9. The predicted molar refractivity (Wildman–Crippen MR) is 176 cm³/mol. The molecule has 1 atom stereocenters. The summed E-state index contributed by atoms with van der Waals surface area (Å²) in [6.07, 6.45) is 1.89. The number of ketones is 2. The van der Waals surface area contributed by atoms with Crippen LogP contribution in [0.2, 0.25) is 0 Å². The summed E-state index contributed by atoms with van der Waals surface area (Å²) in [6.45, 7) is 7.14. The highest BCUT2D eigenvalue weighted by molar-refractivity contribution is 7.99. The van der Waals surface area contributed by atoms with Crippen LogP contribution in [-0.2, 0) is 25.6 Å². The van der Waals surface area contributed by atoms with Gasteiger partial charge in [0, 0.05) is 29.4 Å². The molecule has 13 nitrogen and oxygen atoms in total. The van der Waals surface area contributed by atoms with Gasteiger partial charge in [-0.25, -0.2) is 28.3 Å². The van der Waals surface area contributed by atoms with Crippen molar-refractivity contribution in [1.29, 1.82) is 0 Å². The molecule has 2 aromatic carbocycles. The number of rotatable bonds is 13. The normalized spacial score (nSPS) is 15.6. The van der Waals surface area contributed by atoms with E-state index >= 15 is 0 Å². The van der Waals surface area contributed by atoms with Crippen molar-refractivity contribution in [1.82, 2.24) is 13.9 Å². The number of Topliss-reactive ketones (excluding diaryl/α,β-unsaturated/α-hetero) is 2. The van der Waals surface area contributed by atoms with E-state index in [1.807, 2.05) is 19.9 Å². The Kier molecular flexibility index (Phi) is 10.4. The van der Waals surface area contributed by atoms with Crippen LogP contribution in [0.3, 0.4) is 0 Å². The highest BCUT2D eigenvalue weighted by atomic mass is 32.2. The zero-order valence-electron chi connectivity index (χ0n) is 27.2. The molecule has 1 aromatic heterocycles. The van der Waals surface area contributed by atoms with Crippen LogP contribution >= 0.6 is 11.8 Å². The van der Waals surface area contributed by atoms with Gasteiger partial charge < -0.3 is 23.7 Å². The fourth-order valence-corrected chi connectivity index (χ4v) is 6.34. The molecule has 0 amide bonds. The van der Waals surface area contributed by atoms with Crippen molar-refractivity contribution in [3.8, 4) is 17.2 Å². The number of thioether (sulfide) groups is 1. The standard InChI is InChI=1S/C34H37N3O10S/c1-21(38)6-13-29(40)44-16-5-18-48-19-17-45-33(43)46-25-11-12-26-28(20-25)47-34(3,4)27-14-15-35-31(41)36(32(42)37(35)30(26)27)24-9-7-23(8-10-24)22(2)39/h7-12,14,20,30H,5-6,13,15-19H2,1-4H3. The number of ether oxygens (including phenoxy) is 4. The second-order valence-corrected chi connectivity index (χ2v) is 13.1. The van der Waals surface area contributed by atoms with Gasteiger partial charge in [-0.3, -0.25) is 9.59 Å². The molecule has 254 valence electrons. The van der Waals surface area contributed by atoms with E-state index in [9.17, 15) is 28.8 Å². The molecule has 3 aromatic rings. The van der Waals surface area contributed by atoms with Crippen molar-refractivity contribution < 1.29 is 38.1 Å². The van der Waals surface area contributed by atoms with Crippen LogP contribution in [0.4, 0.5) is 4.79 Å². The summed E-state index contributed by atoms with van der Waals surface area (Å²) in [5.74, 6) is 1.21. The van der Waals surface area contributed by atoms with E-state index in [1.54, 1.807) is 42.5 Å². The maximum absolute atomic E-state index is 13.9. The fraction of sp³-hybridized carbons (Fsp3) is 0.412. The number of hydrogen-bond acceptors (Lipinski definition) is 11. The number of fused-ring (bicyclic) bond motifs is 5. The first kappa shape index (κ1) is 34.5. The summed E-state index contributed by atoms with van der Waals surface area (Å²) in [4.78, 5) is 74.0. The maximum atomic E-state index is 13.9. The quantitative estimate of drug-likeness (QED) is 0.0837. The zero-order valence-corrected chi connectivity index (χ0v) is 28.0. The second kappa shape index (κ2) is 14.5. The van der Waals surface area contributed by atoms with E-state index in [0.29, 0.717) is 40.5 Å². The van der Waals surface area contributed by atoms with Crippen LogP contribution in [0, 0.1) is 0 Å². The number of carbonyl (C=O) groups excluding carboxylic acids is 4. The number of benzene rings is 2. The van der Waals surface area contributed by atoms with E-state index in [-0.39, 0.29) is 49.9 Å². The highest BCUT2D eigenvalue weighted by Gasteiger charge is 2.44. The zero-order chi connectivity index (χ0) is 34.6. The lowest BCUT2D eigenvalue weighted by atomic mass is 9.83. The van der Waals surface area contributed by atoms with Crippen LogP contribution in [0.25, 0.3) is 5.69 Å². The van der Waals surface area contributed by atoms with Crippen molar-refractivity contribution >= 4 is 35.5 Å². The van der Waals surface area contributed by atoms with E-state index in [0.717, 1.165) is 10.1 Å². The molecular formula is C34H37N3O10S. The van der Waals surface area contributed by atoms with Crippen LogP contribution in [0.5, 0.6) is 11.5 Å². The molecule has 0 radical (unpaired) electrons.